The Balaban J connectivity index is 1.67. The van der Waals surface area contributed by atoms with E-state index in [1.54, 1.807) is 18.4 Å². The van der Waals surface area contributed by atoms with E-state index in [1.165, 1.54) is 32.1 Å². The molecule has 6 nitrogen and oxygen atoms in total. The van der Waals surface area contributed by atoms with Gasteiger partial charge >= 0.3 is 0 Å². The predicted octanol–water partition coefficient (Wildman–Crippen LogP) is 2.46. The van der Waals surface area contributed by atoms with Crippen LogP contribution in [0, 0.1) is 0 Å². The fourth-order valence-corrected chi connectivity index (χ4v) is 2.97. The van der Waals surface area contributed by atoms with Crippen molar-refractivity contribution in [2.75, 3.05) is 13.2 Å². The molecule has 0 bridgehead atoms. The smallest absolute Gasteiger partial charge is 0.293 e. The second-order valence-corrected chi connectivity index (χ2v) is 5.48. The minimum absolute atomic E-state index is 0.152. The Morgan fingerprint density at radius 3 is 2.86 bits per heavy atom. The Bertz CT molecular complexity index is 532. The number of furan rings is 1. The van der Waals surface area contributed by atoms with E-state index in [1.807, 2.05) is 0 Å². The van der Waals surface area contributed by atoms with Crippen LogP contribution in [0.5, 0.6) is 0 Å². The SMILES string of the molecule is OCCN(Cc1noc(-c2ccco2)n1)C1CCCCC1. The summed E-state index contributed by atoms with van der Waals surface area (Å²) < 4.78 is 10.5. The van der Waals surface area contributed by atoms with Gasteiger partial charge in [0, 0.05) is 12.6 Å². The second-order valence-electron chi connectivity index (χ2n) is 5.48. The lowest BCUT2D eigenvalue weighted by Gasteiger charge is -2.32. The third-order valence-electron chi connectivity index (χ3n) is 4.02. The summed E-state index contributed by atoms with van der Waals surface area (Å²) in [5.41, 5.74) is 0. The second kappa shape index (κ2) is 6.87. The van der Waals surface area contributed by atoms with E-state index < -0.39 is 0 Å². The number of hydrogen-bond donors (Lipinski definition) is 1. The van der Waals surface area contributed by atoms with Gasteiger partial charge in [-0.3, -0.25) is 4.90 Å². The van der Waals surface area contributed by atoms with E-state index in [2.05, 4.69) is 15.0 Å². The standard InChI is InChI=1S/C15H21N3O3/c19-9-8-18(12-5-2-1-3-6-12)11-14-16-15(21-17-14)13-7-4-10-20-13/h4,7,10,12,19H,1-3,5-6,8-9,11H2. The fraction of sp³-hybridized carbons (Fsp3) is 0.600. The third kappa shape index (κ3) is 3.51. The molecule has 0 atom stereocenters. The molecule has 1 aliphatic carbocycles. The number of aromatic nitrogens is 2. The summed E-state index contributed by atoms with van der Waals surface area (Å²) in [6.45, 7) is 1.41. The number of hydrogen-bond acceptors (Lipinski definition) is 6. The highest BCUT2D eigenvalue weighted by molar-refractivity contribution is 5.42. The molecule has 1 saturated carbocycles. The lowest BCUT2D eigenvalue weighted by Crippen LogP contribution is -2.38. The molecule has 21 heavy (non-hydrogen) atoms. The van der Waals surface area contributed by atoms with Gasteiger partial charge in [-0.2, -0.15) is 4.98 Å². The molecule has 0 unspecified atom stereocenters. The molecule has 0 saturated heterocycles. The molecule has 0 amide bonds. The van der Waals surface area contributed by atoms with Crippen LogP contribution in [0.1, 0.15) is 37.9 Å². The number of aliphatic hydroxyl groups is 1. The van der Waals surface area contributed by atoms with E-state index in [0.29, 0.717) is 36.6 Å². The van der Waals surface area contributed by atoms with Crippen LogP contribution in [0.3, 0.4) is 0 Å². The van der Waals surface area contributed by atoms with E-state index in [-0.39, 0.29) is 6.61 Å². The summed E-state index contributed by atoms with van der Waals surface area (Å²) in [6.07, 6.45) is 7.78. The molecule has 114 valence electrons. The highest BCUT2D eigenvalue weighted by atomic mass is 16.5. The Labute approximate surface area is 123 Å². The summed E-state index contributed by atoms with van der Waals surface area (Å²) in [5, 5.41) is 13.3. The Morgan fingerprint density at radius 1 is 1.29 bits per heavy atom. The summed E-state index contributed by atoms with van der Waals surface area (Å²) in [5.74, 6) is 1.63. The molecule has 2 aromatic rings. The minimum atomic E-state index is 0.152. The average Bonchev–Trinajstić information content (AvgIpc) is 3.19. The van der Waals surface area contributed by atoms with Crippen molar-refractivity contribution < 1.29 is 14.0 Å². The average molecular weight is 291 g/mol. The quantitative estimate of drug-likeness (QED) is 0.881. The number of aliphatic hydroxyl groups excluding tert-OH is 1. The highest BCUT2D eigenvalue weighted by Crippen LogP contribution is 2.24. The van der Waals surface area contributed by atoms with Crippen molar-refractivity contribution in [1.29, 1.82) is 0 Å². The predicted molar refractivity (Wildman–Crippen MR) is 76.4 cm³/mol. The topological polar surface area (TPSA) is 75.5 Å². The van der Waals surface area contributed by atoms with E-state index in [4.69, 9.17) is 8.94 Å². The number of nitrogens with zero attached hydrogens (tertiary/aromatic N) is 3. The summed E-state index contributed by atoms with van der Waals surface area (Å²) >= 11 is 0. The Hall–Kier alpha value is -1.66. The maximum absolute atomic E-state index is 9.28. The monoisotopic (exact) mass is 291 g/mol. The Kier molecular flexibility index (Phi) is 4.67. The maximum atomic E-state index is 9.28. The van der Waals surface area contributed by atoms with Crippen LogP contribution < -0.4 is 0 Å². The van der Waals surface area contributed by atoms with Crippen LogP contribution in [0.2, 0.25) is 0 Å². The molecular weight excluding hydrogens is 270 g/mol. The fourth-order valence-electron chi connectivity index (χ4n) is 2.97. The summed E-state index contributed by atoms with van der Waals surface area (Å²) in [4.78, 5) is 6.63. The van der Waals surface area contributed by atoms with E-state index >= 15 is 0 Å². The first-order chi connectivity index (χ1) is 10.4. The molecule has 2 heterocycles. The van der Waals surface area contributed by atoms with Crippen LogP contribution in [0.25, 0.3) is 11.7 Å². The van der Waals surface area contributed by atoms with Crippen LogP contribution >= 0.6 is 0 Å². The number of rotatable bonds is 6. The highest BCUT2D eigenvalue weighted by Gasteiger charge is 2.23. The molecular formula is C15H21N3O3. The molecule has 0 aliphatic heterocycles. The van der Waals surface area contributed by atoms with E-state index in [9.17, 15) is 5.11 Å². The molecule has 1 N–H and O–H groups in total. The molecule has 1 aliphatic rings. The van der Waals surface area contributed by atoms with Gasteiger partial charge in [-0.1, -0.05) is 24.4 Å². The van der Waals surface area contributed by atoms with E-state index in [0.717, 1.165) is 0 Å². The van der Waals surface area contributed by atoms with Gasteiger partial charge in [-0.25, -0.2) is 0 Å². The van der Waals surface area contributed by atoms with Gasteiger partial charge in [-0.15, -0.1) is 0 Å². The molecule has 3 rings (SSSR count). The molecule has 0 radical (unpaired) electrons. The molecule has 0 aromatic carbocycles. The zero-order valence-electron chi connectivity index (χ0n) is 12.1. The first-order valence-electron chi connectivity index (χ1n) is 7.58. The zero-order chi connectivity index (χ0) is 14.5. The van der Waals surface area contributed by atoms with Gasteiger partial charge in [0.25, 0.3) is 5.89 Å². The molecule has 6 heteroatoms. The molecule has 0 spiro atoms. The van der Waals surface area contributed by atoms with Gasteiger partial charge in [0.15, 0.2) is 11.6 Å². The summed E-state index contributed by atoms with van der Waals surface area (Å²) in [6, 6.07) is 4.10. The van der Waals surface area contributed by atoms with Crippen molar-refractivity contribution in [3.63, 3.8) is 0 Å². The Morgan fingerprint density at radius 2 is 2.14 bits per heavy atom. The van der Waals surface area contributed by atoms with Crippen molar-refractivity contribution >= 4 is 0 Å². The van der Waals surface area contributed by atoms with Crippen molar-refractivity contribution in [3.8, 4) is 11.7 Å². The summed E-state index contributed by atoms with van der Waals surface area (Å²) in [7, 11) is 0. The van der Waals surface area contributed by atoms with Crippen molar-refractivity contribution in [1.82, 2.24) is 15.0 Å². The first kappa shape index (κ1) is 14.3. The van der Waals surface area contributed by atoms with Gasteiger partial charge in [-0.05, 0) is 25.0 Å². The van der Waals surface area contributed by atoms with Crippen LogP contribution in [0.15, 0.2) is 27.3 Å². The minimum Gasteiger partial charge on any atom is -0.459 e. The van der Waals surface area contributed by atoms with Gasteiger partial charge < -0.3 is 14.0 Å². The molecule has 1 fully saturated rings. The van der Waals surface area contributed by atoms with Crippen LogP contribution in [0.4, 0.5) is 0 Å². The van der Waals surface area contributed by atoms with Crippen LogP contribution in [-0.2, 0) is 6.54 Å². The van der Waals surface area contributed by atoms with Gasteiger partial charge in [0.1, 0.15) is 0 Å². The van der Waals surface area contributed by atoms with Gasteiger partial charge in [0.2, 0.25) is 0 Å². The molecule has 2 aromatic heterocycles. The van der Waals surface area contributed by atoms with Gasteiger partial charge in [0.05, 0.1) is 19.4 Å². The van der Waals surface area contributed by atoms with Crippen molar-refractivity contribution in [2.24, 2.45) is 0 Å². The lowest BCUT2D eigenvalue weighted by molar-refractivity contribution is 0.113. The maximum Gasteiger partial charge on any atom is 0.293 e. The third-order valence-corrected chi connectivity index (χ3v) is 4.02. The van der Waals surface area contributed by atoms with Crippen molar-refractivity contribution in [2.45, 2.75) is 44.7 Å². The van der Waals surface area contributed by atoms with Crippen molar-refractivity contribution in [3.05, 3.63) is 24.2 Å². The normalized spacial score (nSPS) is 16.7. The first-order valence-corrected chi connectivity index (χ1v) is 7.58. The zero-order valence-corrected chi connectivity index (χ0v) is 12.1. The largest absolute Gasteiger partial charge is 0.459 e. The lowest BCUT2D eigenvalue weighted by atomic mass is 9.94. The van der Waals surface area contributed by atoms with Crippen LogP contribution in [-0.4, -0.2) is 39.3 Å².